The predicted octanol–water partition coefficient (Wildman–Crippen LogP) is 9.18. The van der Waals surface area contributed by atoms with Gasteiger partial charge in [-0.25, -0.2) is 0 Å². The van der Waals surface area contributed by atoms with E-state index < -0.39 is 0 Å². The van der Waals surface area contributed by atoms with Crippen molar-refractivity contribution in [2.45, 2.75) is 0 Å². The molecule has 4 aromatic rings. The maximum atomic E-state index is 4.06. The molecule has 156 valence electrons. The minimum absolute atomic E-state index is 0.951. The molecule has 0 saturated carbocycles. The van der Waals surface area contributed by atoms with E-state index in [1.165, 1.54) is 11.1 Å². The average Bonchev–Trinajstić information content (AvgIpc) is 2.85. The molecule has 0 aromatic heterocycles. The van der Waals surface area contributed by atoms with E-state index in [1.54, 1.807) is 6.08 Å². The van der Waals surface area contributed by atoms with E-state index in [4.69, 9.17) is 0 Å². The molecule has 0 aliphatic rings. The summed E-state index contributed by atoms with van der Waals surface area (Å²) in [4.78, 5) is 2.21. The van der Waals surface area contributed by atoms with Crippen molar-refractivity contribution in [1.82, 2.24) is 0 Å². The number of anilines is 2. The third-order valence-electron chi connectivity index (χ3n) is 5.23. The van der Waals surface area contributed by atoms with Crippen LogP contribution in [0.1, 0.15) is 0 Å². The minimum atomic E-state index is 0.951. The Morgan fingerprint density at radius 3 is 1.62 bits per heavy atom. The first kappa shape index (κ1) is 21.6. The van der Waals surface area contributed by atoms with E-state index in [0.29, 0.717) is 0 Å². The molecule has 4 aromatic carbocycles. The summed E-state index contributed by atoms with van der Waals surface area (Å²) in [5.74, 6) is 0. The van der Waals surface area contributed by atoms with Gasteiger partial charge in [0, 0.05) is 21.5 Å². The second kappa shape index (κ2) is 10.1. The fourth-order valence-corrected chi connectivity index (χ4v) is 3.99. The molecule has 0 amide bonds. The van der Waals surface area contributed by atoms with E-state index in [0.717, 1.165) is 32.7 Å². The lowest BCUT2D eigenvalue weighted by molar-refractivity contribution is 1.21. The van der Waals surface area contributed by atoms with Crippen molar-refractivity contribution in [3.05, 3.63) is 145 Å². The van der Waals surface area contributed by atoms with Gasteiger partial charge in [0.15, 0.2) is 0 Å². The van der Waals surface area contributed by atoms with Gasteiger partial charge in [-0.15, -0.1) is 0 Å². The highest BCUT2D eigenvalue weighted by Crippen LogP contribution is 2.37. The fraction of sp³-hybridized carbons (Fsp3) is 0. The normalized spacial score (nSPS) is 11.1. The highest BCUT2D eigenvalue weighted by atomic mass is 79.9. The van der Waals surface area contributed by atoms with Gasteiger partial charge in [0.25, 0.3) is 0 Å². The van der Waals surface area contributed by atoms with Gasteiger partial charge >= 0.3 is 0 Å². The largest absolute Gasteiger partial charge is 0.310 e. The third-order valence-corrected chi connectivity index (χ3v) is 5.76. The van der Waals surface area contributed by atoms with Crippen LogP contribution in [-0.4, -0.2) is 0 Å². The number of hydrogen-bond acceptors (Lipinski definition) is 1. The van der Waals surface area contributed by atoms with E-state index >= 15 is 0 Å². The summed E-state index contributed by atoms with van der Waals surface area (Å²) >= 11 is 3.55. The number of nitrogens with zero attached hydrogens (tertiary/aromatic N) is 1. The van der Waals surface area contributed by atoms with Crippen LogP contribution in [0.5, 0.6) is 0 Å². The Labute approximate surface area is 198 Å². The van der Waals surface area contributed by atoms with Gasteiger partial charge in [-0.05, 0) is 76.9 Å². The molecule has 0 unspecified atom stereocenters. The highest BCUT2D eigenvalue weighted by Gasteiger charge is 2.15. The predicted molar refractivity (Wildman–Crippen MR) is 142 cm³/mol. The van der Waals surface area contributed by atoms with E-state index in [9.17, 15) is 0 Å². The summed E-state index contributed by atoms with van der Waals surface area (Å²) in [6.07, 6.45) is 5.63. The molecule has 0 heterocycles. The standard InChI is InChI=1S/C30H24BrN/c1-3-11-28(4-2)32(29-18-16-27(31)17-19-29)30-21-25(23-12-7-5-8-13-23)20-26(22-30)24-14-9-6-10-15-24/h3-22H,1-2H2/b28-11+. The van der Waals surface area contributed by atoms with Crippen molar-refractivity contribution in [2.24, 2.45) is 0 Å². The molecule has 0 aliphatic carbocycles. The first-order chi connectivity index (χ1) is 15.7. The lowest BCUT2D eigenvalue weighted by Gasteiger charge is -2.27. The zero-order valence-corrected chi connectivity index (χ0v) is 19.4. The Bertz CT molecular complexity index is 1180. The van der Waals surface area contributed by atoms with Crippen LogP contribution in [-0.2, 0) is 0 Å². The van der Waals surface area contributed by atoms with Crippen molar-refractivity contribution in [3.8, 4) is 22.3 Å². The molecule has 2 heteroatoms. The van der Waals surface area contributed by atoms with E-state index in [-0.39, 0.29) is 0 Å². The maximum Gasteiger partial charge on any atom is 0.0473 e. The monoisotopic (exact) mass is 477 g/mol. The quantitative estimate of drug-likeness (QED) is 0.239. The lowest BCUT2D eigenvalue weighted by Crippen LogP contribution is -2.15. The summed E-state index contributed by atoms with van der Waals surface area (Å²) in [7, 11) is 0. The van der Waals surface area contributed by atoms with Crippen molar-refractivity contribution in [2.75, 3.05) is 4.90 Å². The molecule has 0 aliphatic heterocycles. The van der Waals surface area contributed by atoms with E-state index in [1.807, 2.05) is 24.3 Å². The van der Waals surface area contributed by atoms with Crippen molar-refractivity contribution in [1.29, 1.82) is 0 Å². The Morgan fingerprint density at radius 2 is 1.16 bits per heavy atom. The van der Waals surface area contributed by atoms with Crippen molar-refractivity contribution in [3.63, 3.8) is 0 Å². The average molecular weight is 478 g/mol. The zero-order valence-electron chi connectivity index (χ0n) is 17.8. The molecule has 0 saturated heterocycles. The Hall–Kier alpha value is -3.62. The molecule has 32 heavy (non-hydrogen) atoms. The van der Waals surface area contributed by atoms with Crippen LogP contribution in [0, 0.1) is 0 Å². The first-order valence-electron chi connectivity index (χ1n) is 10.5. The molecule has 0 bridgehead atoms. The molecule has 0 atom stereocenters. The number of hydrogen-bond donors (Lipinski definition) is 0. The second-order valence-electron chi connectivity index (χ2n) is 7.34. The van der Waals surface area contributed by atoms with Gasteiger partial charge in [-0.1, -0.05) is 95.8 Å². The van der Waals surface area contributed by atoms with Crippen LogP contribution < -0.4 is 4.90 Å². The number of rotatable bonds is 7. The molecular formula is C30H24BrN. The summed E-state index contributed by atoms with van der Waals surface area (Å²) < 4.78 is 1.04. The summed E-state index contributed by atoms with van der Waals surface area (Å²) in [6, 6.07) is 36.0. The van der Waals surface area contributed by atoms with Crippen LogP contribution in [0.2, 0.25) is 0 Å². The third kappa shape index (κ3) is 4.82. The molecule has 0 fully saturated rings. The summed E-state index contributed by atoms with van der Waals surface area (Å²) in [6.45, 7) is 7.97. The number of halogens is 1. The zero-order chi connectivity index (χ0) is 22.3. The second-order valence-corrected chi connectivity index (χ2v) is 8.26. The molecule has 0 radical (unpaired) electrons. The van der Waals surface area contributed by atoms with Crippen molar-refractivity contribution < 1.29 is 0 Å². The molecule has 4 rings (SSSR count). The van der Waals surface area contributed by atoms with Gasteiger partial charge in [0.1, 0.15) is 0 Å². The van der Waals surface area contributed by atoms with Crippen LogP contribution in [0.3, 0.4) is 0 Å². The Kier molecular flexibility index (Phi) is 6.84. The van der Waals surface area contributed by atoms with Crippen LogP contribution >= 0.6 is 15.9 Å². The van der Waals surface area contributed by atoms with E-state index in [2.05, 4.69) is 125 Å². The van der Waals surface area contributed by atoms with Gasteiger partial charge in [-0.3, -0.25) is 0 Å². The minimum Gasteiger partial charge on any atom is -0.310 e. The SMILES string of the molecule is C=C/C=C(\C=C)N(c1ccc(Br)cc1)c1cc(-c2ccccc2)cc(-c2ccccc2)c1. The van der Waals surface area contributed by atoms with Crippen LogP contribution in [0.25, 0.3) is 22.3 Å². The van der Waals surface area contributed by atoms with Gasteiger partial charge in [-0.2, -0.15) is 0 Å². The summed E-state index contributed by atoms with van der Waals surface area (Å²) in [5.41, 5.74) is 7.72. The molecular weight excluding hydrogens is 454 g/mol. The van der Waals surface area contributed by atoms with Gasteiger partial charge in [0.2, 0.25) is 0 Å². The number of benzene rings is 4. The fourth-order valence-electron chi connectivity index (χ4n) is 3.73. The maximum absolute atomic E-state index is 4.06. The molecule has 1 nitrogen and oxygen atoms in total. The first-order valence-corrected chi connectivity index (χ1v) is 11.3. The molecule has 0 spiro atoms. The highest BCUT2D eigenvalue weighted by molar-refractivity contribution is 9.10. The smallest absolute Gasteiger partial charge is 0.0473 e. The Balaban J connectivity index is 1.97. The Morgan fingerprint density at radius 1 is 0.625 bits per heavy atom. The topological polar surface area (TPSA) is 3.24 Å². The van der Waals surface area contributed by atoms with Crippen LogP contribution in [0.4, 0.5) is 11.4 Å². The van der Waals surface area contributed by atoms with Gasteiger partial charge in [0.05, 0.1) is 0 Å². The molecule has 0 N–H and O–H groups in total. The van der Waals surface area contributed by atoms with Crippen LogP contribution in [0.15, 0.2) is 145 Å². The summed E-state index contributed by atoms with van der Waals surface area (Å²) in [5, 5.41) is 0. The lowest BCUT2D eigenvalue weighted by atomic mass is 9.97. The number of allylic oxidation sites excluding steroid dienone is 3. The van der Waals surface area contributed by atoms with Gasteiger partial charge < -0.3 is 4.90 Å². The van der Waals surface area contributed by atoms with Crippen molar-refractivity contribution >= 4 is 27.3 Å².